The van der Waals surface area contributed by atoms with Crippen molar-refractivity contribution in [1.29, 1.82) is 0 Å². The van der Waals surface area contributed by atoms with Crippen LogP contribution in [0, 0.1) is 12.8 Å². The fourth-order valence-corrected chi connectivity index (χ4v) is 3.96. The van der Waals surface area contributed by atoms with Crippen molar-refractivity contribution in [3.05, 3.63) is 53.6 Å². The summed E-state index contributed by atoms with van der Waals surface area (Å²) in [6, 6.07) is 8.60. The van der Waals surface area contributed by atoms with Gasteiger partial charge in [0.15, 0.2) is 0 Å². The lowest BCUT2D eigenvalue weighted by molar-refractivity contribution is -0.139. The van der Waals surface area contributed by atoms with Crippen LogP contribution in [0.25, 0.3) is 0 Å². The zero-order valence-electron chi connectivity index (χ0n) is 17.4. The molecule has 29 heavy (non-hydrogen) atoms. The highest BCUT2D eigenvalue weighted by Gasteiger charge is 2.30. The number of carbonyl (C=O) groups excluding carboxylic acids is 1. The first-order valence-electron chi connectivity index (χ1n) is 10.8. The van der Waals surface area contributed by atoms with E-state index in [9.17, 15) is 4.79 Å². The van der Waals surface area contributed by atoms with E-state index in [1.165, 1.54) is 17.5 Å². The molecule has 0 N–H and O–H groups in total. The van der Waals surface area contributed by atoms with Crippen LogP contribution in [0.15, 0.2) is 36.7 Å². The van der Waals surface area contributed by atoms with Crippen LogP contribution in [-0.2, 0) is 22.6 Å². The normalized spacial score (nSPS) is 17.8. The van der Waals surface area contributed by atoms with Crippen LogP contribution < -0.4 is 0 Å². The molecule has 1 amide bonds. The molecule has 2 aliphatic rings. The molecule has 4 rings (SSSR count). The quantitative estimate of drug-likeness (QED) is 0.688. The molecule has 6 nitrogen and oxygen atoms in total. The van der Waals surface area contributed by atoms with Crippen LogP contribution in [0.4, 0.5) is 0 Å². The van der Waals surface area contributed by atoms with Crippen molar-refractivity contribution in [3.8, 4) is 0 Å². The predicted molar refractivity (Wildman–Crippen MR) is 113 cm³/mol. The first-order valence-corrected chi connectivity index (χ1v) is 10.8. The third-order valence-corrected chi connectivity index (χ3v) is 6.16. The molecule has 1 aliphatic carbocycles. The Morgan fingerprint density at radius 3 is 2.66 bits per heavy atom. The summed E-state index contributed by atoms with van der Waals surface area (Å²) in [5.41, 5.74) is 2.51. The van der Waals surface area contributed by atoms with Gasteiger partial charge in [-0.25, -0.2) is 4.98 Å². The average molecular weight is 397 g/mol. The molecule has 1 aromatic heterocycles. The summed E-state index contributed by atoms with van der Waals surface area (Å²) >= 11 is 0. The van der Waals surface area contributed by atoms with Gasteiger partial charge in [0, 0.05) is 51.0 Å². The molecule has 1 aliphatic heterocycles. The standard InChI is InChI=1S/C23H32N4O2/c1-19-5-7-20(8-6-19)17-26-10-9-24-22(26)18-27(23(28)21-3-2-4-21)12-11-25-13-15-29-16-14-25/h5-10,21H,2-4,11-18H2,1H3. The summed E-state index contributed by atoms with van der Waals surface area (Å²) in [7, 11) is 0. The number of amides is 1. The van der Waals surface area contributed by atoms with E-state index in [2.05, 4.69) is 45.6 Å². The maximum absolute atomic E-state index is 13.1. The Hall–Kier alpha value is -2.18. The highest BCUT2D eigenvalue weighted by atomic mass is 16.5. The van der Waals surface area contributed by atoms with Crippen LogP contribution in [0.2, 0.25) is 0 Å². The van der Waals surface area contributed by atoms with E-state index in [1.807, 2.05) is 17.3 Å². The van der Waals surface area contributed by atoms with E-state index < -0.39 is 0 Å². The van der Waals surface area contributed by atoms with Gasteiger partial charge in [-0.2, -0.15) is 0 Å². The SMILES string of the molecule is Cc1ccc(Cn2ccnc2CN(CCN2CCOCC2)C(=O)C2CCC2)cc1. The molecule has 0 unspecified atom stereocenters. The van der Waals surface area contributed by atoms with Crippen molar-refractivity contribution in [3.63, 3.8) is 0 Å². The van der Waals surface area contributed by atoms with E-state index in [4.69, 9.17) is 4.74 Å². The lowest BCUT2D eigenvalue weighted by Crippen LogP contribution is -2.45. The largest absolute Gasteiger partial charge is 0.379 e. The minimum absolute atomic E-state index is 0.209. The summed E-state index contributed by atoms with van der Waals surface area (Å²) in [4.78, 5) is 22.1. The second-order valence-electron chi connectivity index (χ2n) is 8.30. The Morgan fingerprint density at radius 2 is 1.97 bits per heavy atom. The molecule has 0 bridgehead atoms. The molecule has 0 atom stereocenters. The van der Waals surface area contributed by atoms with Gasteiger partial charge in [-0.3, -0.25) is 9.69 Å². The molecule has 2 aromatic rings. The maximum Gasteiger partial charge on any atom is 0.226 e. The van der Waals surface area contributed by atoms with Gasteiger partial charge >= 0.3 is 0 Å². The Balaban J connectivity index is 1.43. The summed E-state index contributed by atoms with van der Waals surface area (Å²) < 4.78 is 7.62. The molecular weight excluding hydrogens is 364 g/mol. The minimum atomic E-state index is 0.209. The molecule has 0 radical (unpaired) electrons. The number of aromatic nitrogens is 2. The monoisotopic (exact) mass is 396 g/mol. The van der Waals surface area contributed by atoms with Gasteiger partial charge in [-0.15, -0.1) is 0 Å². The van der Waals surface area contributed by atoms with Crippen LogP contribution >= 0.6 is 0 Å². The Bertz CT molecular complexity index is 791. The Kier molecular flexibility index (Phi) is 6.62. The second kappa shape index (κ2) is 9.55. The number of benzene rings is 1. The molecular formula is C23H32N4O2. The first-order chi connectivity index (χ1) is 14.2. The van der Waals surface area contributed by atoms with Gasteiger partial charge in [0.1, 0.15) is 5.82 Å². The third-order valence-electron chi connectivity index (χ3n) is 6.16. The number of hydrogen-bond acceptors (Lipinski definition) is 4. The molecule has 0 spiro atoms. The number of carbonyl (C=O) groups is 1. The molecule has 1 aromatic carbocycles. The summed E-state index contributed by atoms with van der Waals surface area (Å²) in [6.07, 6.45) is 7.10. The average Bonchev–Trinajstić information content (AvgIpc) is 3.13. The molecule has 6 heteroatoms. The molecule has 1 saturated heterocycles. The van der Waals surface area contributed by atoms with Gasteiger partial charge in [0.05, 0.1) is 19.8 Å². The van der Waals surface area contributed by atoms with E-state index in [0.717, 1.165) is 64.6 Å². The van der Waals surface area contributed by atoms with Gasteiger partial charge in [-0.05, 0) is 25.3 Å². The molecule has 156 valence electrons. The number of nitrogens with zero attached hydrogens (tertiary/aromatic N) is 4. The lowest BCUT2D eigenvalue weighted by atomic mass is 9.84. The van der Waals surface area contributed by atoms with Gasteiger partial charge in [0.25, 0.3) is 0 Å². The summed E-state index contributed by atoms with van der Waals surface area (Å²) in [6.45, 7) is 8.61. The van der Waals surface area contributed by atoms with Crippen LogP contribution in [-0.4, -0.2) is 64.7 Å². The fourth-order valence-electron chi connectivity index (χ4n) is 3.96. The lowest BCUT2D eigenvalue weighted by Gasteiger charge is -2.34. The predicted octanol–water partition coefficient (Wildman–Crippen LogP) is 2.70. The Labute approximate surface area is 173 Å². The van der Waals surface area contributed by atoms with Crippen LogP contribution in [0.1, 0.15) is 36.2 Å². The van der Waals surface area contributed by atoms with Crippen molar-refractivity contribution in [2.75, 3.05) is 39.4 Å². The summed E-state index contributed by atoms with van der Waals surface area (Å²) in [5, 5.41) is 0. The zero-order valence-corrected chi connectivity index (χ0v) is 17.4. The van der Waals surface area contributed by atoms with Gasteiger partial charge in [-0.1, -0.05) is 36.2 Å². The fraction of sp³-hybridized carbons (Fsp3) is 0.565. The second-order valence-corrected chi connectivity index (χ2v) is 8.30. The van der Waals surface area contributed by atoms with E-state index in [1.54, 1.807) is 0 Å². The van der Waals surface area contributed by atoms with Crippen molar-refractivity contribution in [2.24, 2.45) is 5.92 Å². The number of ether oxygens (including phenoxy) is 1. The number of morpholine rings is 1. The number of rotatable bonds is 8. The third kappa shape index (κ3) is 5.25. The van der Waals surface area contributed by atoms with Crippen LogP contribution in [0.5, 0.6) is 0 Å². The van der Waals surface area contributed by atoms with E-state index in [-0.39, 0.29) is 5.92 Å². The first kappa shape index (κ1) is 20.1. The molecule has 2 heterocycles. The van der Waals surface area contributed by atoms with Crippen LogP contribution in [0.3, 0.4) is 0 Å². The highest BCUT2D eigenvalue weighted by molar-refractivity contribution is 5.79. The topological polar surface area (TPSA) is 50.6 Å². The zero-order chi connectivity index (χ0) is 20.1. The van der Waals surface area contributed by atoms with Crippen molar-refractivity contribution in [2.45, 2.75) is 39.3 Å². The number of aryl methyl sites for hydroxylation is 1. The van der Waals surface area contributed by atoms with E-state index >= 15 is 0 Å². The minimum Gasteiger partial charge on any atom is -0.379 e. The maximum atomic E-state index is 13.1. The smallest absolute Gasteiger partial charge is 0.226 e. The molecule has 2 fully saturated rings. The van der Waals surface area contributed by atoms with E-state index in [0.29, 0.717) is 12.5 Å². The van der Waals surface area contributed by atoms with Crippen molar-refractivity contribution >= 4 is 5.91 Å². The number of hydrogen-bond donors (Lipinski definition) is 0. The van der Waals surface area contributed by atoms with Gasteiger partial charge in [0.2, 0.25) is 5.91 Å². The Morgan fingerprint density at radius 1 is 1.21 bits per heavy atom. The van der Waals surface area contributed by atoms with Gasteiger partial charge < -0.3 is 14.2 Å². The van der Waals surface area contributed by atoms with Crippen molar-refractivity contribution < 1.29 is 9.53 Å². The molecule has 1 saturated carbocycles. The van der Waals surface area contributed by atoms with Crippen molar-refractivity contribution in [1.82, 2.24) is 19.4 Å². The summed E-state index contributed by atoms with van der Waals surface area (Å²) in [5.74, 6) is 1.47. The number of imidazole rings is 1. The highest BCUT2D eigenvalue weighted by Crippen LogP contribution is 2.28.